The summed E-state index contributed by atoms with van der Waals surface area (Å²) in [6.45, 7) is 4.76. The molecule has 5 N–H and O–H groups in total. The van der Waals surface area contributed by atoms with Crippen LogP contribution < -0.4 is 15.3 Å². The summed E-state index contributed by atoms with van der Waals surface area (Å²) in [7, 11) is -4.30. The number of anilines is 1. The first kappa shape index (κ1) is 29.4. The number of hydrogen-bond donors (Lipinski definition) is 4. The molecule has 214 valence electrons. The maximum Gasteiger partial charge on any atom is 0.459 e. The summed E-state index contributed by atoms with van der Waals surface area (Å²) in [5.74, 6) is -0.273. The van der Waals surface area contributed by atoms with Crippen molar-refractivity contribution >= 4 is 25.1 Å². The minimum atomic E-state index is -4.30. The number of carbonyl (C=O) groups excluding carboxylic acids is 1. The molecule has 1 aromatic carbocycles. The standard InChI is InChI=1S/C25H31N6O8P/c1-15(2)11-36-24(34)16(3)30-40(35,39-17-7-5-4-6-8-17)37-12-19-21(32)22(33)25(13-26,38-19)20-10-9-18-23(27)28-14-29-31(18)20/h4-10,14-16,19,21-22,32-33H,11-12H2,1-3H3,(H,30,35)(H2,27,28,29)/t16-,19+,21+,22+,25-,40-/m0/s1. The van der Waals surface area contributed by atoms with Crippen LogP contribution in [0.25, 0.3) is 5.52 Å². The van der Waals surface area contributed by atoms with E-state index >= 15 is 0 Å². The van der Waals surface area contributed by atoms with Crippen molar-refractivity contribution in [1.82, 2.24) is 19.7 Å². The van der Waals surface area contributed by atoms with E-state index in [1.165, 1.54) is 36.0 Å². The summed E-state index contributed by atoms with van der Waals surface area (Å²) < 4.78 is 37.4. The van der Waals surface area contributed by atoms with Gasteiger partial charge >= 0.3 is 13.7 Å². The van der Waals surface area contributed by atoms with Crippen LogP contribution in [0, 0.1) is 17.2 Å². The van der Waals surface area contributed by atoms with Crippen LogP contribution in [-0.2, 0) is 29.0 Å². The molecule has 1 saturated heterocycles. The molecule has 0 bridgehead atoms. The largest absolute Gasteiger partial charge is 0.464 e. The Labute approximate surface area is 230 Å². The monoisotopic (exact) mass is 574 g/mol. The lowest BCUT2D eigenvalue weighted by atomic mass is 9.92. The second-order valence-electron chi connectivity index (χ2n) is 9.67. The van der Waals surface area contributed by atoms with E-state index < -0.39 is 50.3 Å². The van der Waals surface area contributed by atoms with Crippen molar-refractivity contribution in [2.24, 2.45) is 5.92 Å². The number of carbonyl (C=O) groups is 1. The quantitative estimate of drug-likeness (QED) is 0.190. The van der Waals surface area contributed by atoms with E-state index in [1.807, 2.05) is 19.9 Å². The molecular formula is C25H31N6O8P. The summed E-state index contributed by atoms with van der Waals surface area (Å²) in [5.41, 5.74) is 4.26. The van der Waals surface area contributed by atoms with Crippen LogP contribution in [0.5, 0.6) is 5.75 Å². The van der Waals surface area contributed by atoms with Crippen molar-refractivity contribution in [2.45, 2.75) is 50.7 Å². The number of nitriles is 1. The Morgan fingerprint density at radius 1 is 1.27 bits per heavy atom. The van der Waals surface area contributed by atoms with E-state index in [2.05, 4.69) is 15.2 Å². The number of aliphatic hydroxyl groups excluding tert-OH is 2. The van der Waals surface area contributed by atoms with E-state index in [0.717, 1.165) is 0 Å². The SMILES string of the molecule is CC(C)COC(=O)[C@H](C)N[P@](=O)(OC[C@H]1O[C@@](C#N)(c2ccc3c(N)ncnn23)[C@H](O)[C@@H]1O)Oc1ccccc1. The van der Waals surface area contributed by atoms with Crippen LogP contribution in [0.1, 0.15) is 26.5 Å². The summed E-state index contributed by atoms with van der Waals surface area (Å²) in [6.07, 6.45) is -3.54. The Hall–Kier alpha value is -3.57. The molecule has 0 spiro atoms. The Bertz CT molecular complexity index is 1430. The van der Waals surface area contributed by atoms with Crippen LogP contribution >= 0.6 is 7.75 Å². The lowest BCUT2D eigenvalue weighted by Gasteiger charge is -2.25. The van der Waals surface area contributed by atoms with E-state index in [-0.39, 0.29) is 29.8 Å². The number of para-hydroxylation sites is 1. The van der Waals surface area contributed by atoms with Gasteiger partial charge in [-0.3, -0.25) is 9.32 Å². The number of nitrogen functional groups attached to an aromatic ring is 1. The first-order chi connectivity index (χ1) is 19.0. The Morgan fingerprint density at radius 3 is 2.67 bits per heavy atom. The average molecular weight is 575 g/mol. The van der Waals surface area contributed by atoms with Crippen molar-refractivity contribution < 1.29 is 38.1 Å². The molecule has 14 nitrogen and oxygen atoms in total. The third kappa shape index (κ3) is 5.95. The molecule has 0 amide bonds. The smallest absolute Gasteiger partial charge is 0.459 e. The maximum absolute atomic E-state index is 13.8. The van der Waals surface area contributed by atoms with Gasteiger partial charge in [-0.1, -0.05) is 32.0 Å². The molecule has 0 radical (unpaired) electrons. The number of rotatable bonds is 11. The number of nitrogens with zero attached hydrogens (tertiary/aromatic N) is 4. The number of benzene rings is 1. The molecule has 3 heterocycles. The highest BCUT2D eigenvalue weighted by Gasteiger charge is 2.58. The van der Waals surface area contributed by atoms with Gasteiger partial charge in [-0.05, 0) is 37.1 Å². The van der Waals surface area contributed by atoms with Gasteiger partial charge in [0.05, 0.1) is 18.9 Å². The van der Waals surface area contributed by atoms with Crippen molar-refractivity contribution in [3.8, 4) is 11.8 Å². The number of ether oxygens (including phenoxy) is 2. The molecule has 1 aliphatic rings. The molecule has 2 aromatic heterocycles. The molecular weight excluding hydrogens is 543 g/mol. The fourth-order valence-electron chi connectivity index (χ4n) is 4.10. The fraction of sp³-hybridized carbons (Fsp3) is 0.440. The van der Waals surface area contributed by atoms with Crippen molar-refractivity contribution in [2.75, 3.05) is 18.9 Å². The minimum Gasteiger partial charge on any atom is -0.464 e. The van der Waals surface area contributed by atoms with Gasteiger partial charge in [0.25, 0.3) is 0 Å². The van der Waals surface area contributed by atoms with Gasteiger partial charge < -0.3 is 29.9 Å². The average Bonchev–Trinajstić information content (AvgIpc) is 3.47. The van der Waals surface area contributed by atoms with E-state index in [4.69, 9.17) is 24.3 Å². The molecule has 0 aliphatic carbocycles. The highest BCUT2D eigenvalue weighted by Crippen LogP contribution is 2.47. The van der Waals surface area contributed by atoms with Crippen LogP contribution in [-0.4, -0.2) is 68.3 Å². The molecule has 1 fully saturated rings. The zero-order chi connectivity index (χ0) is 29.1. The van der Waals surface area contributed by atoms with Gasteiger partial charge in [0.1, 0.15) is 48.0 Å². The van der Waals surface area contributed by atoms with Gasteiger partial charge in [0, 0.05) is 0 Å². The molecule has 0 saturated carbocycles. The number of nitrogens with one attached hydrogen (secondary N) is 1. The van der Waals surface area contributed by atoms with Crippen molar-refractivity contribution in [3.05, 3.63) is 54.5 Å². The second-order valence-corrected chi connectivity index (χ2v) is 11.4. The fourth-order valence-corrected chi connectivity index (χ4v) is 5.60. The number of nitrogens with two attached hydrogens (primary N) is 1. The van der Waals surface area contributed by atoms with Gasteiger partial charge in [0.2, 0.25) is 5.60 Å². The molecule has 3 aromatic rings. The van der Waals surface area contributed by atoms with Crippen LogP contribution in [0.3, 0.4) is 0 Å². The number of hydrogen-bond acceptors (Lipinski definition) is 12. The summed E-state index contributed by atoms with van der Waals surface area (Å²) >= 11 is 0. The third-order valence-electron chi connectivity index (χ3n) is 6.13. The number of fused-ring (bicyclic) bond motifs is 1. The summed E-state index contributed by atoms with van der Waals surface area (Å²) in [4.78, 5) is 16.3. The number of aromatic nitrogens is 3. The van der Waals surface area contributed by atoms with Gasteiger partial charge in [0.15, 0.2) is 5.82 Å². The van der Waals surface area contributed by atoms with Gasteiger partial charge in [-0.25, -0.2) is 14.1 Å². The van der Waals surface area contributed by atoms with Crippen molar-refractivity contribution in [1.29, 1.82) is 5.26 Å². The third-order valence-corrected chi connectivity index (χ3v) is 7.77. The molecule has 0 unspecified atom stereocenters. The Morgan fingerprint density at radius 2 is 2.00 bits per heavy atom. The van der Waals surface area contributed by atoms with Gasteiger partial charge in [-0.15, -0.1) is 0 Å². The topological polar surface area (TPSA) is 204 Å². The normalized spacial score (nSPS) is 24.9. The maximum atomic E-state index is 13.8. The molecule has 40 heavy (non-hydrogen) atoms. The predicted molar refractivity (Wildman–Crippen MR) is 141 cm³/mol. The number of aliphatic hydroxyl groups is 2. The predicted octanol–water partition coefficient (Wildman–Crippen LogP) is 1.53. The number of esters is 1. The molecule has 1 aliphatic heterocycles. The highest BCUT2D eigenvalue weighted by molar-refractivity contribution is 7.52. The lowest BCUT2D eigenvalue weighted by Crippen LogP contribution is -2.41. The Balaban J connectivity index is 1.56. The first-order valence-electron chi connectivity index (χ1n) is 12.5. The van der Waals surface area contributed by atoms with Crippen molar-refractivity contribution in [3.63, 3.8) is 0 Å². The lowest BCUT2D eigenvalue weighted by molar-refractivity contribution is -0.146. The zero-order valence-corrected chi connectivity index (χ0v) is 23.0. The summed E-state index contributed by atoms with van der Waals surface area (Å²) in [6, 6.07) is 12.0. The van der Waals surface area contributed by atoms with Crippen LogP contribution in [0.15, 0.2) is 48.8 Å². The minimum absolute atomic E-state index is 0.0909. The first-order valence-corrected chi connectivity index (χ1v) is 14.0. The van der Waals surface area contributed by atoms with E-state index in [1.54, 1.807) is 24.3 Å². The van der Waals surface area contributed by atoms with Crippen LogP contribution in [0.4, 0.5) is 5.82 Å². The van der Waals surface area contributed by atoms with Gasteiger partial charge in [-0.2, -0.15) is 15.4 Å². The van der Waals surface area contributed by atoms with E-state index in [9.17, 15) is 24.8 Å². The molecule has 4 rings (SSSR count). The van der Waals surface area contributed by atoms with Crippen LogP contribution in [0.2, 0.25) is 0 Å². The van der Waals surface area contributed by atoms with E-state index in [0.29, 0.717) is 5.52 Å². The molecule has 15 heteroatoms. The Kier molecular flexibility index (Phi) is 8.74. The zero-order valence-electron chi connectivity index (χ0n) is 22.1. The summed E-state index contributed by atoms with van der Waals surface area (Å²) in [5, 5.41) is 38.5. The highest BCUT2D eigenvalue weighted by atomic mass is 31.2. The molecule has 6 atom stereocenters. The second kappa shape index (κ2) is 11.9.